The van der Waals surface area contributed by atoms with Gasteiger partial charge in [0.2, 0.25) is 0 Å². The van der Waals surface area contributed by atoms with Crippen molar-refractivity contribution in [3.63, 3.8) is 0 Å². The van der Waals surface area contributed by atoms with Crippen LogP contribution in [-0.4, -0.2) is 27.6 Å². The Morgan fingerprint density at radius 1 is 1.04 bits per heavy atom. The van der Waals surface area contributed by atoms with Crippen molar-refractivity contribution >= 4 is 39.7 Å². The van der Waals surface area contributed by atoms with Gasteiger partial charge in [0.1, 0.15) is 0 Å². The Kier molecular flexibility index (Phi) is 4.52. The number of carbonyl (C=O) groups is 3. The van der Waals surface area contributed by atoms with Crippen LogP contribution >= 0.6 is 11.3 Å². The minimum atomic E-state index is -0.847. The average Bonchev–Trinajstić information content (AvgIpc) is 3.03. The molecule has 0 aliphatic heterocycles. The maximum absolute atomic E-state index is 12.8. The number of nitrogens with zero attached hydrogens (tertiary/aromatic N) is 1. The summed E-state index contributed by atoms with van der Waals surface area (Å²) in [5.41, 5.74) is 3.04. The molecule has 7 heteroatoms. The van der Waals surface area contributed by atoms with Gasteiger partial charge < -0.3 is 10.4 Å². The molecule has 3 aromatic rings. The van der Waals surface area contributed by atoms with Crippen molar-refractivity contribution in [3.05, 3.63) is 75.3 Å². The lowest BCUT2D eigenvalue weighted by molar-refractivity contribution is -0.136. The number of hydrogen-bond donors (Lipinski definition) is 2. The van der Waals surface area contributed by atoms with E-state index < -0.39 is 5.97 Å². The molecule has 0 saturated carbocycles. The van der Waals surface area contributed by atoms with Crippen molar-refractivity contribution in [1.82, 2.24) is 4.98 Å². The molecule has 0 bridgehead atoms. The standard InChI is InChI=1S/C21H16N2O4S/c1-11-17(8-9-18(24)25)28-21(22-11)23-12-6-7-15-16(10-12)20(27)14-5-3-2-4-13(14)19(15)26/h2-7,10H,8-9H2,1H3,(H,22,23)(H,24,25). The molecular formula is C21H16N2O4S. The van der Waals surface area contributed by atoms with Crippen LogP contribution in [0, 0.1) is 6.92 Å². The van der Waals surface area contributed by atoms with Crippen molar-refractivity contribution in [3.8, 4) is 0 Å². The summed E-state index contributed by atoms with van der Waals surface area (Å²) in [6.45, 7) is 1.84. The van der Waals surface area contributed by atoms with E-state index in [0.717, 1.165) is 10.6 Å². The molecule has 0 atom stereocenters. The lowest BCUT2D eigenvalue weighted by Gasteiger charge is -2.18. The number of anilines is 2. The van der Waals surface area contributed by atoms with Crippen LogP contribution in [0.5, 0.6) is 0 Å². The Bertz CT molecular complexity index is 1130. The van der Waals surface area contributed by atoms with E-state index in [1.165, 1.54) is 11.3 Å². The van der Waals surface area contributed by atoms with Gasteiger partial charge in [-0.1, -0.05) is 24.3 Å². The normalized spacial score (nSPS) is 12.5. The molecule has 28 heavy (non-hydrogen) atoms. The lowest BCUT2D eigenvalue weighted by Crippen LogP contribution is -2.20. The summed E-state index contributed by atoms with van der Waals surface area (Å²) in [6, 6.07) is 11.9. The van der Waals surface area contributed by atoms with Crippen LogP contribution in [0.3, 0.4) is 0 Å². The number of hydrogen-bond acceptors (Lipinski definition) is 6. The van der Waals surface area contributed by atoms with Gasteiger partial charge in [0.05, 0.1) is 12.1 Å². The topological polar surface area (TPSA) is 96.4 Å². The first-order valence-electron chi connectivity index (χ1n) is 8.71. The zero-order valence-electron chi connectivity index (χ0n) is 15.0. The SMILES string of the molecule is Cc1nc(Nc2ccc3c(c2)C(=O)c2ccccc2C3=O)sc1CCC(=O)O. The van der Waals surface area contributed by atoms with Gasteiger partial charge in [0, 0.05) is 32.8 Å². The monoisotopic (exact) mass is 392 g/mol. The minimum Gasteiger partial charge on any atom is -0.481 e. The molecule has 2 N–H and O–H groups in total. The molecule has 2 aromatic carbocycles. The number of carboxylic acids is 1. The number of carboxylic acid groups (broad SMARTS) is 1. The zero-order chi connectivity index (χ0) is 19.8. The Hall–Kier alpha value is -3.32. The second-order valence-corrected chi connectivity index (χ2v) is 7.59. The molecule has 1 aliphatic rings. The highest BCUT2D eigenvalue weighted by molar-refractivity contribution is 7.15. The van der Waals surface area contributed by atoms with Crippen molar-refractivity contribution in [1.29, 1.82) is 0 Å². The highest BCUT2D eigenvalue weighted by Crippen LogP contribution is 2.31. The summed E-state index contributed by atoms with van der Waals surface area (Å²) in [5, 5.41) is 12.6. The summed E-state index contributed by atoms with van der Waals surface area (Å²) in [5.74, 6) is -1.18. The Labute approximate surface area is 164 Å². The largest absolute Gasteiger partial charge is 0.481 e. The number of fused-ring (bicyclic) bond motifs is 2. The number of aromatic nitrogens is 1. The van der Waals surface area contributed by atoms with Gasteiger partial charge in [-0.25, -0.2) is 4.98 Å². The van der Waals surface area contributed by atoms with E-state index in [4.69, 9.17) is 5.11 Å². The number of aryl methyl sites for hydroxylation is 2. The predicted molar refractivity (Wildman–Crippen MR) is 106 cm³/mol. The van der Waals surface area contributed by atoms with Crippen molar-refractivity contribution in [2.45, 2.75) is 19.8 Å². The molecule has 0 fully saturated rings. The number of rotatable bonds is 5. The number of ketones is 2. The molecule has 1 aliphatic carbocycles. The van der Waals surface area contributed by atoms with Crippen molar-refractivity contribution in [2.24, 2.45) is 0 Å². The first-order valence-corrected chi connectivity index (χ1v) is 9.53. The Morgan fingerprint density at radius 3 is 2.36 bits per heavy atom. The third-order valence-corrected chi connectivity index (χ3v) is 5.77. The second kappa shape index (κ2) is 7.01. The average molecular weight is 392 g/mol. The number of carbonyl (C=O) groups excluding carboxylic acids is 2. The molecule has 0 unspecified atom stereocenters. The fourth-order valence-electron chi connectivity index (χ4n) is 3.23. The Balaban J connectivity index is 1.62. The highest BCUT2D eigenvalue weighted by Gasteiger charge is 2.29. The fourth-order valence-corrected chi connectivity index (χ4v) is 4.22. The number of nitrogens with one attached hydrogen (secondary N) is 1. The molecule has 6 nitrogen and oxygen atoms in total. The highest BCUT2D eigenvalue weighted by atomic mass is 32.1. The third kappa shape index (κ3) is 3.20. The van der Waals surface area contributed by atoms with Crippen molar-refractivity contribution in [2.75, 3.05) is 5.32 Å². The van der Waals surface area contributed by atoms with Gasteiger partial charge in [-0.05, 0) is 31.5 Å². The maximum atomic E-state index is 12.8. The van der Waals surface area contributed by atoms with E-state index in [-0.39, 0.29) is 18.0 Å². The van der Waals surface area contributed by atoms with E-state index in [9.17, 15) is 14.4 Å². The molecule has 1 aromatic heterocycles. The molecule has 0 amide bonds. The van der Waals surface area contributed by atoms with Crippen LogP contribution in [0.1, 0.15) is 48.8 Å². The first kappa shape index (κ1) is 18.1. The van der Waals surface area contributed by atoms with Gasteiger partial charge in [0.15, 0.2) is 16.7 Å². The second-order valence-electron chi connectivity index (χ2n) is 6.51. The van der Waals surface area contributed by atoms with Gasteiger partial charge in [-0.15, -0.1) is 11.3 Å². The molecule has 0 saturated heterocycles. The summed E-state index contributed by atoms with van der Waals surface area (Å²) in [7, 11) is 0. The van der Waals surface area contributed by atoms with Gasteiger partial charge in [-0.3, -0.25) is 14.4 Å². The zero-order valence-corrected chi connectivity index (χ0v) is 15.8. The van der Waals surface area contributed by atoms with Crippen LogP contribution in [0.4, 0.5) is 10.8 Å². The summed E-state index contributed by atoms with van der Waals surface area (Å²) in [6.07, 6.45) is 0.478. The van der Waals surface area contributed by atoms with Crippen molar-refractivity contribution < 1.29 is 19.5 Å². The quantitative estimate of drug-likeness (QED) is 0.533. The van der Waals surface area contributed by atoms with Crippen LogP contribution in [-0.2, 0) is 11.2 Å². The van der Waals surface area contributed by atoms with E-state index in [0.29, 0.717) is 39.5 Å². The summed E-state index contributed by atoms with van der Waals surface area (Å²) in [4.78, 5) is 41.6. The fraction of sp³-hybridized carbons (Fsp3) is 0.143. The third-order valence-electron chi connectivity index (χ3n) is 4.63. The van der Waals surface area contributed by atoms with Crippen LogP contribution in [0.15, 0.2) is 42.5 Å². The smallest absolute Gasteiger partial charge is 0.303 e. The lowest BCUT2D eigenvalue weighted by atomic mass is 9.84. The first-order chi connectivity index (χ1) is 13.4. The molecule has 140 valence electrons. The van der Waals surface area contributed by atoms with Crippen LogP contribution in [0.25, 0.3) is 0 Å². The van der Waals surface area contributed by atoms with E-state index in [2.05, 4.69) is 10.3 Å². The number of thiazole rings is 1. The predicted octanol–water partition coefficient (Wildman–Crippen LogP) is 3.99. The van der Waals surface area contributed by atoms with Gasteiger partial charge in [0.25, 0.3) is 0 Å². The van der Waals surface area contributed by atoms with Crippen LogP contribution < -0.4 is 5.32 Å². The van der Waals surface area contributed by atoms with Gasteiger partial charge in [-0.2, -0.15) is 0 Å². The van der Waals surface area contributed by atoms with E-state index in [1.54, 1.807) is 42.5 Å². The molecule has 1 heterocycles. The molecule has 0 spiro atoms. The Morgan fingerprint density at radius 2 is 1.68 bits per heavy atom. The number of aliphatic carboxylic acids is 1. The maximum Gasteiger partial charge on any atom is 0.303 e. The summed E-state index contributed by atoms with van der Waals surface area (Å²) < 4.78 is 0. The molecule has 0 radical (unpaired) electrons. The minimum absolute atomic E-state index is 0.0529. The molecular weight excluding hydrogens is 376 g/mol. The number of benzene rings is 2. The van der Waals surface area contributed by atoms with E-state index >= 15 is 0 Å². The molecule has 4 rings (SSSR count). The summed E-state index contributed by atoms with van der Waals surface area (Å²) >= 11 is 1.39. The van der Waals surface area contributed by atoms with Crippen LogP contribution in [0.2, 0.25) is 0 Å². The van der Waals surface area contributed by atoms with E-state index in [1.807, 2.05) is 6.92 Å². The van der Waals surface area contributed by atoms with Gasteiger partial charge >= 0.3 is 5.97 Å².